The van der Waals surface area contributed by atoms with Gasteiger partial charge in [0.05, 0.1) is 6.04 Å². The van der Waals surface area contributed by atoms with Gasteiger partial charge in [-0.15, -0.1) is 0 Å². The molecular formula is C29H39N3O3. The van der Waals surface area contributed by atoms with Crippen molar-refractivity contribution in [2.45, 2.75) is 71.5 Å². The van der Waals surface area contributed by atoms with Crippen molar-refractivity contribution in [3.63, 3.8) is 0 Å². The van der Waals surface area contributed by atoms with Crippen LogP contribution in [0.3, 0.4) is 0 Å². The molecule has 1 heterocycles. The van der Waals surface area contributed by atoms with Crippen LogP contribution >= 0.6 is 0 Å². The van der Waals surface area contributed by atoms with Gasteiger partial charge in [0.2, 0.25) is 0 Å². The van der Waals surface area contributed by atoms with Gasteiger partial charge in [-0.05, 0) is 66.8 Å². The normalized spacial score (nSPS) is 22.9. The highest BCUT2D eigenvalue weighted by molar-refractivity contribution is 5.94. The van der Waals surface area contributed by atoms with Gasteiger partial charge in [0.15, 0.2) is 0 Å². The second kappa shape index (κ2) is 11.3. The number of fused-ring (bicyclic) bond motifs is 1. The van der Waals surface area contributed by atoms with Gasteiger partial charge in [-0.2, -0.15) is 0 Å². The highest BCUT2D eigenvalue weighted by Gasteiger charge is 2.32. The summed E-state index contributed by atoms with van der Waals surface area (Å²) in [5, 5.41) is 3.04. The number of nitrogens with zero attached hydrogens (tertiary/aromatic N) is 1. The van der Waals surface area contributed by atoms with Gasteiger partial charge in [0, 0.05) is 24.7 Å². The van der Waals surface area contributed by atoms with E-state index < -0.39 is 12.1 Å². The SMILES string of the molecule is CC[C@@H]1c2ccc(C(=O)N[C@@H](COC(N)=O)c3ccc(C)cc3)cc2CN1CC1CCC(C)CC1. The number of benzene rings is 2. The largest absolute Gasteiger partial charge is 0.447 e. The van der Waals surface area contributed by atoms with Gasteiger partial charge in [-0.1, -0.05) is 62.6 Å². The lowest BCUT2D eigenvalue weighted by Crippen LogP contribution is -2.33. The van der Waals surface area contributed by atoms with Crippen molar-refractivity contribution in [3.05, 3.63) is 70.3 Å². The molecule has 0 spiro atoms. The fourth-order valence-corrected chi connectivity index (χ4v) is 5.67. The van der Waals surface area contributed by atoms with Crippen LogP contribution in [0.15, 0.2) is 42.5 Å². The third-order valence-corrected chi connectivity index (χ3v) is 7.77. The summed E-state index contributed by atoms with van der Waals surface area (Å²) in [6.45, 7) is 8.65. The van der Waals surface area contributed by atoms with E-state index in [0.29, 0.717) is 11.6 Å². The van der Waals surface area contributed by atoms with Crippen LogP contribution in [0.4, 0.5) is 4.79 Å². The molecule has 0 unspecified atom stereocenters. The van der Waals surface area contributed by atoms with Crippen LogP contribution in [0, 0.1) is 18.8 Å². The number of aryl methyl sites for hydroxylation is 1. The predicted molar refractivity (Wildman–Crippen MR) is 138 cm³/mol. The number of rotatable bonds is 8. The van der Waals surface area contributed by atoms with E-state index in [1.807, 2.05) is 43.3 Å². The molecule has 188 valence electrons. The molecule has 2 amide bonds. The lowest BCUT2D eigenvalue weighted by atomic mass is 9.82. The van der Waals surface area contributed by atoms with Gasteiger partial charge in [0.1, 0.15) is 6.61 Å². The summed E-state index contributed by atoms with van der Waals surface area (Å²) in [4.78, 5) is 27.0. The van der Waals surface area contributed by atoms with Crippen molar-refractivity contribution < 1.29 is 14.3 Å². The van der Waals surface area contributed by atoms with Crippen LogP contribution in [0.2, 0.25) is 0 Å². The topological polar surface area (TPSA) is 84.7 Å². The molecule has 3 N–H and O–H groups in total. The minimum absolute atomic E-state index is 0.0131. The van der Waals surface area contributed by atoms with Crippen molar-refractivity contribution in [1.29, 1.82) is 0 Å². The molecule has 0 bridgehead atoms. The van der Waals surface area contributed by atoms with Crippen molar-refractivity contribution in [2.75, 3.05) is 13.2 Å². The zero-order valence-corrected chi connectivity index (χ0v) is 21.3. The van der Waals surface area contributed by atoms with Crippen LogP contribution in [0.25, 0.3) is 0 Å². The molecule has 1 aliphatic carbocycles. The van der Waals surface area contributed by atoms with Crippen LogP contribution in [0.5, 0.6) is 0 Å². The molecule has 6 heteroatoms. The zero-order chi connectivity index (χ0) is 24.9. The van der Waals surface area contributed by atoms with E-state index in [0.717, 1.165) is 42.5 Å². The molecule has 2 aromatic carbocycles. The van der Waals surface area contributed by atoms with Crippen molar-refractivity contribution in [1.82, 2.24) is 10.2 Å². The number of ether oxygens (including phenoxy) is 1. The Morgan fingerprint density at radius 1 is 1.11 bits per heavy atom. The average molecular weight is 478 g/mol. The molecule has 1 saturated carbocycles. The molecule has 2 atom stereocenters. The Hall–Kier alpha value is -2.86. The fraction of sp³-hybridized carbons (Fsp3) is 0.517. The number of primary amides is 1. The molecule has 2 aromatic rings. The molecule has 35 heavy (non-hydrogen) atoms. The zero-order valence-electron chi connectivity index (χ0n) is 21.3. The smallest absolute Gasteiger partial charge is 0.404 e. The van der Waals surface area contributed by atoms with Crippen molar-refractivity contribution >= 4 is 12.0 Å². The summed E-state index contributed by atoms with van der Waals surface area (Å²) in [5.74, 6) is 1.46. The number of carbonyl (C=O) groups is 2. The van der Waals surface area contributed by atoms with Gasteiger partial charge in [-0.25, -0.2) is 4.79 Å². The molecule has 0 aromatic heterocycles. The van der Waals surface area contributed by atoms with E-state index in [4.69, 9.17) is 10.5 Å². The summed E-state index contributed by atoms with van der Waals surface area (Å²) >= 11 is 0. The summed E-state index contributed by atoms with van der Waals surface area (Å²) in [5.41, 5.74) is 10.4. The number of amides is 2. The van der Waals surface area contributed by atoms with E-state index in [-0.39, 0.29) is 12.5 Å². The summed E-state index contributed by atoms with van der Waals surface area (Å²) in [7, 11) is 0. The second-order valence-corrected chi connectivity index (χ2v) is 10.5. The summed E-state index contributed by atoms with van der Waals surface area (Å²) in [6, 6.07) is 13.8. The third-order valence-electron chi connectivity index (χ3n) is 7.77. The second-order valence-electron chi connectivity index (χ2n) is 10.5. The number of carbonyl (C=O) groups excluding carboxylic acids is 2. The monoisotopic (exact) mass is 477 g/mol. The molecule has 0 saturated heterocycles. The van der Waals surface area contributed by atoms with E-state index in [2.05, 4.69) is 30.1 Å². The molecule has 1 fully saturated rings. The Morgan fingerprint density at radius 2 is 1.83 bits per heavy atom. The first kappa shape index (κ1) is 25.2. The molecule has 0 radical (unpaired) electrons. The average Bonchev–Trinajstić information content (AvgIpc) is 3.19. The van der Waals surface area contributed by atoms with Crippen molar-refractivity contribution in [2.24, 2.45) is 17.6 Å². The first-order chi connectivity index (χ1) is 16.8. The minimum atomic E-state index is -0.855. The van der Waals surface area contributed by atoms with Crippen molar-refractivity contribution in [3.8, 4) is 0 Å². The van der Waals surface area contributed by atoms with Gasteiger partial charge < -0.3 is 15.8 Å². The maximum Gasteiger partial charge on any atom is 0.404 e. The number of nitrogens with two attached hydrogens (primary N) is 1. The van der Waals surface area contributed by atoms with Crippen LogP contribution in [-0.2, 0) is 11.3 Å². The Labute approximate surface area is 209 Å². The Kier molecular flexibility index (Phi) is 8.11. The van der Waals surface area contributed by atoms with Crippen LogP contribution in [-0.4, -0.2) is 30.1 Å². The summed E-state index contributed by atoms with van der Waals surface area (Å²) in [6.07, 6.45) is 5.55. The Balaban J connectivity index is 1.46. The number of hydrogen-bond donors (Lipinski definition) is 2. The first-order valence-corrected chi connectivity index (χ1v) is 13.0. The van der Waals surface area contributed by atoms with Gasteiger partial charge >= 0.3 is 6.09 Å². The highest BCUT2D eigenvalue weighted by Crippen LogP contribution is 2.39. The van der Waals surface area contributed by atoms with E-state index in [1.54, 1.807) is 0 Å². The molecule has 4 rings (SSSR count). The van der Waals surface area contributed by atoms with Gasteiger partial charge in [-0.3, -0.25) is 9.69 Å². The summed E-state index contributed by atoms with van der Waals surface area (Å²) < 4.78 is 5.04. The van der Waals surface area contributed by atoms with E-state index in [1.165, 1.54) is 36.8 Å². The van der Waals surface area contributed by atoms with Crippen LogP contribution in [0.1, 0.15) is 90.6 Å². The number of nitrogens with one attached hydrogen (secondary N) is 1. The lowest BCUT2D eigenvalue weighted by molar-refractivity contribution is 0.0898. The highest BCUT2D eigenvalue weighted by atomic mass is 16.5. The first-order valence-electron chi connectivity index (χ1n) is 13.0. The van der Waals surface area contributed by atoms with Crippen LogP contribution < -0.4 is 11.1 Å². The molecule has 1 aliphatic heterocycles. The minimum Gasteiger partial charge on any atom is -0.447 e. The van der Waals surface area contributed by atoms with E-state index >= 15 is 0 Å². The fourth-order valence-electron chi connectivity index (χ4n) is 5.67. The van der Waals surface area contributed by atoms with Gasteiger partial charge in [0.25, 0.3) is 5.91 Å². The Morgan fingerprint density at radius 3 is 2.49 bits per heavy atom. The molecule has 6 nitrogen and oxygen atoms in total. The lowest BCUT2D eigenvalue weighted by Gasteiger charge is -2.32. The molecule has 2 aliphatic rings. The maximum atomic E-state index is 13.2. The standard InChI is InChI=1S/C29H39N3O3/c1-4-27-25-14-13-23(15-24(25)17-32(27)16-21-9-5-19(2)6-10-21)28(33)31-26(18-35-29(30)34)22-11-7-20(3)8-12-22/h7-8,11-15,19,21,26-27H,4-6,9-10,16-18H2,1-3H3,(H2,30,34)(H,31,33)/t19?,21?,26-,27+/m0/s1. The molecular weight excluding hydrogens is 438 g/mol. The van der Waals surface area contributed by atoms with E-state index in [9.17, 15) is 9.59 Å². The predicted octanol–water partition coefficient (Wildman–Crippen LogP) is 5.65. The third kappa shape index (κ3) is 6.23. The maximum absolute atomic E-state index is 13.2. The Bertz CT molecular complexity index is 1030. The number of hydrogen-bond acceptors (Lipinski definition) is 4. The quantitative estimate of drug-likeness (QED) is 0.514.